The summed E-state index contributed by atoms with van der Waals surface area (Å²) in [4.78, 5) is 69.9. The van der Waals surface area contributed by atoms with Crippen molar-refractivity contribution in [2.75, 3.05) is 18.1 Å². The van der Waals surface area contributed by atoms with Crippen molar-refractivity contribution in [1.29, 1.82) is 0 Å². The van der Waals surface area contributed by atoms with Crippen LogP contribution in [0.1, 0.15) is 11.4 Å². The highest BCUT2D eigenvalue weighted by Crippen LogP contribution is 2.40. The molecule has 4 rings (SSSR count). The first kappa shape index (κ1) is 27.2. The fourth-order valence-electron chi connectivity index (χ4n) is 3.57. The number of anilines is 1. The van der Waals surface area contributed by atoms with Crippen molar-refractivity contribution >= 4 is 63.8 Å². The minimum atomic E-state index is -1.42. The van der Waals surface area contributed by atoms with E-state index in [0.717, 1.165) is 40.3 Å². The number of carboxylic acid groups (broad SMARTS) is 2. The molecule has 7 N–H and O–H groups in total. The number of nitrogens with zero attached hydrogens (tertiary/aromatic N) is 4. The molecule has 2 amide bonds. The second-order valence-corrected chi connectivity index (χ2v) is 9.84. The number of carbonyl (C=O) groups excluding carboxylic acids is 2. The van der Waals surface area contributed by atoms with Crippen molar-refractivity contribution in [3.63, 3.8) is 0 Å². The number of thioether (sulfide) groups is 1. The van der Waals surface area contributed by atoms with Crippen LogP contribution in [0, 0.1) is 0 Å². The zero-order valence-corrected chi connectivity index (χ0v) is 21.0. The first-order chi connectivity index (χ1) is 18.5. The Bertz CT molecular complexity index is 1530. The topological polar surface area (TPSA) is 247 Å². The van der Waals surface area contributed by atoms with Crippen molar-refractivity contribution < 1.29 is 44.5 Å². The average Bonchev–Trinajstić information content (AvgIpc) is 3.31. The number of fused-ring (bicyclic) bond motifs is 1. The van der Waals surface area contributed by atoms with Gasteiger partial charge in [0.25, 0.3) is 11.8 Å². The quantitative estimate of drug-likeness (QED) is 0.0914. The number of β-lactam (4-membered cyclic amide) rings is 1. The predicted molar refractivity (Wildman–Crippen MR) is 135 cm³/mol. The summed E-state index contributed by atoms with van der Waals surface area (Å²) in [7, 11) is 0. The van der Waals surface area contributed by atoms with E-state index in [-0.39, 0.29) is 33.5 Å². The molecule has 4 heterocycles. The van der Waals surface area contributed by atoms with Gasteiger partial charge in [-0.25, -0.2) is 14.6 Å². The summed E-state index contributed by atoms with van der Waals surface area (Å²) >= 11 is 2.13. The Hall–Kier alpha value is -4.84. The number of allylic oxidation sites excluding steroid dienone is 1. The normalized spacial score (nSPS) is 19.0. The van der Waals surface area contributed by atoms with E-state index in [1.54, 1.807) is 0 Å². The zero-order chi connectivity index (χ0) is 28.4. The molecule has 1 saturated heterocycles. The van der Waals surface area contributed by atoms with Gasteiger partial charge >= 0.3 is 11.9 Å². The van der Waals surface area contributed by atoms with E-state index >= 15 is 0 Å². The van der Waals surface area contributed by atoms with Crippen molar-refractivity contribution in [3.8, 4) is 5.75 Å². The Morgan fingerprint density at radius 2 is 2.03 bits per heavy atom. The van der Waals surface area contributed by atoms with Crippen LogP contribution in [0.2, 0.25) is 0 Å². The van der Waals surface area contributed by atoms with Crippen molar-refractivity contribution in [2.45, 2.75) is 11.4 Å². The number of rotatable bonds is 9. The number of aromatic hydroxyl groups is 1. The zero-order valence-electron chi connectivity index (χ0n) is 19.4. The van der Waals surface area contributed by atoms with Gasteiger partial charge < -0.3 is 36.4 Å². The number of thiazole rings is 1. The number of hydrogen-bond donors (Lipinski definition) is 6. The number of carbonyl (C=O) groups is 4. The molecule has 0 radical (unpaired) electrons. The van der Waals surface area contributed by atoms with Gasteiger partial charge in [0, 0.05) is 17.2 Å². The van der Waals surface area contributed by atoms with E-state index in [4.69, 9.17) is 10.8 Å². The van der Waals surface area contributed by atoms with Gasteiger partial charge in [0.05, 0.1) is 11.9 Å². The van der Waals surface area contributed by atoms with Gasteiger partial charge in [0.15, 0.2) is 16.6 Å². The Labute approximate surface area is 225 Å². The number of hydrogen-bond acceptors (Lipinski definition) is 13. The van der Waals surface area contributed by atoms with E-state index < -0.39 is 58.7 Å². The molecule has 0 aromatic carbocycles. The van der Waals surface area contributed by atoms with Crippen LogP contribution in [0.3, 0.4) is 0 Å². The molecule has 1 fully saturated rings. The summed E-state index contributed by atoms with van der Waals surface area (Å²) in [5, 5.41) is 44.5. The lowest BCUT2D eigenvalue weighted by Gasteiger charge is -2.49. The van der Waals surface area contributed by atoms with Crippen LogP contribution in [0.15, 0.2) is 44.9 Å². The molecule has 0 saturated carbocycles. The van der Waals surface area contributed by atoms with Crippen LogP contribution in [-0.4, -0.2) is 88.4 Å². The van der Waals surface area contributed by atoms with Crippen LogP contribution >= 0.6 is 23.1 Å². The molecule has 2 atom stereocenters. The molecule has 0 bridgehead atoms. The number of pyridine rings is 1. The molecule has 0 spiro atoms. The molecule has 2 aliphatic rings. The van der Waals surface area contributed by atoms with Gasteiger partial charge in [-0.05, 0) is 11.6 Å². The number of aliphatic carboxylic acids is 2. The van der Waals surface area contributed by atoms with Crippen molar-refractivity contribution in [3.05, 3.63) is 56.6 Å². The largest absolute Gasteiger partial charge is 0.503 e. The molecule has 2 aliphatic heterocycles. The maximum absolute atomic E-state index is 12.9. The molecular weight excluding hydrogens is 560 g/mol. The summed E-state index contributed by atoms with van der Waals surface area (Å²) in [5.41, 5.74) is 4.15. The molecule has 204 valence electrons. The van der Waals surface area contributed by atoms with Gasteiger partial charge in [-0.2, -0.15) is 4.73 Å². The second-order valence-electron chi connectivity index (χ2n) is 7.84. The second kappa shape index (κ2) is 10.9. The third-order valence-corrected chi connectivity index (χ3v) is 7.28. The summed E-state index contributed by atoms with van der Waals surface area (Å²) in [6.07, 6.45) is 3.32. The average molecular weight is 579 g/mol. The van der Waals surface area contributed by atoms with Crippen LogP contribution in [0.25, 0.3) is 6.08 Å². The van der Waals surface area contributed by atoms with Crippen LogP contribution in [0.5, 0.6) is 5.75 Å². The van der Waals surface area contributed by atoms with Gasteiger partial charge in [-0.15, -0.1) is 23.1 Å². The van der Waals surface area contributed by atoms with E-state index in [1.165, 1.54) is 17.5 Å². The molecule has 0 aliphatic carbocycles. The smallest absolute Gasteiger partial charge is 0.352 e. The van der Waals surface area contributed by atoms with Crippen molar-refractivity contribution in [2.24, 2.45) is 5.16 Å². The highest BCUT2D eigenvalue weighted by atomic mass is 32.2. The first-order valence-corrected chi connectivity index (χ1v) is 12.6. The summed E-state index contributed by atoms with van der Waals surface area (Å²) in [5.74, 6) is -5.04. The van der Waals surface area contributed by atoms with Gasteiger partial charge in [0.2, 0.25) is 12.0 Å². The third-order valence-electron chi connectivity index (χ3n) is 5.31. The number of nitrogens with one attached hydrogen (secondary N) is 1. The minimum Gasteiger partial charge on any atom is -0.503 e. The van der Waals surface area contributed by atoms with E-state index in [9.17, 15) is 39.4 Å². The minimum absolute atomic E-state index is 0.0181. The fourth-order valence-corrected chi connectivity index (χ4v) is 5.44. The van der Waals surface area contributed by atoms with Gasteiger partial charge in [-0.1, -0.05) is 11.2 Å². The summed E-state index contributed by atoms with van der Waals surface area (Å²) < 4.78 is 0.475. The molecule has 18 heteroatoms. The highest BCUT2D eigenvalue weighted by molar-refractivity contribution is 8.00. The number of oxime groups is 1. The summed E-state index contributed by atoms with van der Waals surface area (Å²) in [6, 6.07) is -0.218. The van der Waals surface area contributed by atoms with Crippen LogP contribution in [0.4, 0.5) is 5.13 Å². The SMILES string of the molecule is Nc1nc(/C(=N/OCC(=O)O)C(=O)N[C@@H]2C(=O)N3C(C(=O)O)=C(C=Cc4cc(=O)c(O)cn4O)CS[C@H]23)cs1. The van der Waals surface area contributed by atoms with Crippen molar-refractivity contribution in [1.82, 2.24) is 19.9 Å². The monoisotopic (exact) mass is 578 g/mol. The molecule has 16 nitrogen and oxygen atoms in total. The van der Waals surface area contributed by atoms with E-state index in [0.29, 0.717) is 4.73 Å². The number of aromatic nitrogens is 2. The van der Waals surface area contributed by atoms with Crippen LogP contribution in [-0.2, 0) is 24.0 Å². The fraction of sp³-hybridized carbons (Fsp3) is 0.190. The molecule has 0 unspecified atom stereocenters. The predicted octanol–water partition coefficient (Wildman–Crippen LogP) is -0.913. The highest BCUT2D eigenvalue weighted by Gasteiger charge is 2.54. The third kappa shape index (κ3) is 5.55. The molecular formula is C21H18N6O10S2. The number of nitrogens with two attached hydrogens (primary N) is 1. The number of amides is 2. The van der Waals surface area contributed by atoms with Crippen LogP contribution < -0.4 is 16.5 Å². The van der Waals surface area contributed by atoms with Gasteiger partial charge in [0.1, 0.15) is 22.8 Å². The Balaban J connectivity index is 1.55. The van der Waals surface area contributed by atoms with E-state index in [2.05, 4.69) is 20.3 Å². The maximum Gasteiger partial charge on any atom is 0.352 e. The lowest BCUT2D eigenvalue weighted by molar-refractivity contribution is -0.150. The maximum atomic E-state index is 12.9. The van der Waals surface area contributed by atoms with Gasteiger partial charge in [-0.3, -0.25) is 19.3 Å². The standard InChI is InChI=1S/C21H18N6O10S2/c22-21-23-10(7-39-21)14(25-37-5-13(30)31)17(32)24-15-18(33)27-16(20(34)35)8(6-38-19(15)27)1-2-9-3-11(28)12(29)4-26(9)36/h1-4,7,15,19,29,36H,5-6H2,(H2,22,23)(H,24,32)(H,30,31)(H,34,35)/b2-1?,25-14-/t15-,19-/m1/s1. The Morgan fingerprint density at radius 1 is 1.28 bits per heavy atom. The molecule has 2 aromatic heterocycles. The summed E-state index contributed by atoms with van der Waals surface area (Å²) in [6.45, 7) is -0.843. The first-order valence-electron chi connectivity index (χ1n) is 10.7. The number of carboxylic acids is 2. The molecule has 39 heavy (non-hydrogen) atoms. The lowest BCUT2D eigenvalue weighted by atomic mass is 10.0. The number of nitrogen functional groups attached to an aromatic ring is 1. The van der Waals surface area contributed by atoms with E-state index in [1.807, 2.05) is 0 Å². The Kier molecular flexibility index (Phi) is 7.58. The molecule has 2 aromatic rings. The lowest BCUT2D eigenvalue weighted by Crippen LogP contribution is -2.71. The Morgan fingerprint density at radius 3 is 2.67 bits per heavy atom.